The van der Waals surface area contributed by atoms with Crippen molar-refractivity contribution in [3.8, 4) is 21.8 Å². The number of nitrogens with one attached hydrogen (secondary N) is 2. The number of benzene rings is 2. The van der Waals surface area contributed by atoms with Crippen LogP contribution in [-0.2, 0) is 11.3 Å². The van der Waals surface area contributed by atoms with Gasteiger partial charge in [0.05, 0.1) is 11.4 Å². The number of rotatable bonds is 6. The van der Waals surface area contributed by atoms with Crippen molar-refractivity contribution in [3.63, 3.8) is 0 Å². The molecule has 2 aromatic carbocycles. The van der Waals surface area contributed by atoms with E-state index in [9.17, 15) is 9.59 Å². The number of halogens is 1. The maximum Gasteiger partial charge on any atom is 0.269 e. The van der Waals surface area contributed by atoms with Gasteiger partial charge in [-0.25, -0.2) is 9.97 Å². The molecule has 0 aliphatic carbocycles. The second-order valence-electron chi connectivity index (χ2n) is 7.04. The quantitative estimate of drug-likeness (QED) is 0.364. The Balaban J connectivity index is 1.45. The van der Waals surface area contributed by atoms with E-state index in [2.05, 4.69) is 20.6 Å². The molecule has 4 aromatic rings. The Labute approximate surface area is 198 Å². The molecule has 0 fully saturated rings. The van der Waals surface area contributed by atoms with E-state index in [-0.39, 0.29) is 11.8 Å². The van der Waals surface area contributed by atoms with E-state index in [0.717, 1.165) is 27.4 Å². The van der Waals surface area contributed by atoms with Gasteiger partial charge in [0.25, 0.3) is 5.91 Å². The third kappa shape index (κ3) is 5.21. The van der Waals surface area contributed by atoms with Crippen LogP contribution in [-0.4, -0.2) is 21.8 Å². The first-order valence-electron chi connectivity index (χ1n) is 9.73. The molecule has 0 aliphatic heterocycles. The number of hydrogen-bond donors (Lipinski definition) is 2. The van der Waals surface area contributed by atoms with Gasteiger partial charge in [-0.15, -0.1) is 22.7 Å². The van der Waals surface area contributed by atoms with Gasteiger partial charge in [0.2, 0.25) is 5.91 Å². The topological polar surface area (TPSA) is 84.0 Å². The van der Waals surface area contributed by atoms with Gasteiger partial charge in [-0.05, 0) is 24.6 Å². The zero-order valence-electron chi connectivity index (χ0n) is 17.3. The normalized spacial score (nSPS) is 10.7. The molecular formula is C23H19ClN4O2S2. The van der Waals surface area contributed by atoms with Crippen molar-refractivity contribution in [1.29, 1.82) is 0 Å². The monoisotopic (exact) mass is 482 g/mol. The molecule has 0 spiro atoms. The van der Waals surface area contributed by atoms with E-state index < -0.39 is 0 Å². The van der Waals surface area contributed by atoms with Crippen LogP contribution in [0.4, 0.5) is 5.13 Å². The van der Waals surface area contributed by atoms with Crippen molar-refractivity contribution >= 4 is 51.2 Å². The van der Waals surface area contributed by atoms with Crippen molar-refractivity contribution in [3.05, 3.63) is 75.1 Å². The Morgan fingerprint density at radius 3 is 2.38 bits per heavy atom. The standard InChI is InChI=1S/C23H19ClN4O2S2/c1-13-20(32-22(26-13)17-7-9-18(24)10-8-17)21(30)28-23-27-19(12-31-23)16-5-3-15(4-6-16)11-25-14(2)29/h3-10,12H,11H2,1-2H3,(H,25,29)(H,27,28,30). The van der Waals surface area contributed by atoms with Gasteiger partial charge in [-0.1, -0.05) is 48.0 Å². The SMILES string of the molecule is CC(=O)NCc1ccc(-c2csc(NC(=O)c3sc(-c4ccc(Cl)cc4)nc3C)n2)cc1. The van der Waals surface area contributed by atoms with Crippen LogP contribution in [0, 0.1) is 6.92 Å². The Morgan fingerprint density at radius 2 is 1.69 bits per heavy atom. The zero-order chi connectivity index (χ0) is 22.7. The fourth-order valence-electron chi connectivity index (χ4n) is 2.96. The molecule has 0 unspecified atom stereocenters. The van der Waals surface area contributed by atoms with E-state index in [0.29, 0.717) is 27.3 Å². The molecule has 4 rings (SSSR count). The second kappa shape index (κ2) is 9.60. The number of thiazole rings is 2. The summed E-state index contributed by atoms with van der Waals surface area (Å²) in [4.78, 5) is 33.5. The molecular weight excluding hydrogens is 464 g/mol. The number of nitrogens with zero attached hydrogens (tertiary/aromatic N) is 2. The minimum Gasteiger partial charge on any atom is -0.352 e. The predicted molar refractivity (Wildman–Crippen MR) is 130 cm³/mol. The number of carbonyl (C=O) groups excluding carboxylic acids is 2. The summed E-state index contributed by atoms with van der Waals surface area (Å²) in [6.07, 6.45) is 0. The van der Waals surface area contributed by atoms with Crippen LogP contribution in [0.15, 0.2) is 53.9 Å². The summed E-state index contributed by atoms with van der Waals surface area (Å²) >= 11 is 8.66. The number of hydrogen-bond acceptors (Lipinski definition) is 6. The summed E-state index contributed by atoms with van der Waals surface area (Å²) in [6.45, 7) is 3.80. The number of amides is 2. The van der Waals surface area contributed by atoms with Crippen LogP contribution in [0.25, 0.3) is 21.8 Å². The summed E-state index contributed by atoms with van der Waals surface area (Å²) in [5.41, 5.74) is 4.31. The smallest absolute Gasteiger partial charge is 0.269 e. The van der Waals surface area contributed by atoms with Gasteiger partial charge in [-0.2, -0.15) is 0 Å². The molecule has 2 amide bonds. The highest BCUT2D eigenvalue weighted by Gasteiger charge is 2.18. The van der Waals surface area contributed by atoms with Crippen LogP contribution in [0.3, 0.4) is 0 Å². The van der Waals surface area contributed by atoms with Gasteiger partial charge in [-0.3, -0.25) is 14.9 Å². The maximum atomic E-state index is 12.8. The van der Waals surface area contributed by atoms with Gasteiger partial charge >= 0.3 is 0 Å². The van der Waals surface area contributed by atoms with Crippen molar-refractivity contribution in [2.75, 3.05) is 5.32 Å². The van der Waals surface area contributed by atoms with E-state index in [1.807, 2.05) is 48.7 Å². The molecule has 6 nitrogen and oxygen atoms in total. The van der Waals surface area contributed by atoms with Crippen molar-refractivity contribution in [2.45, 2.75) is 20.4 Å². The average Bonchev–Trinajstić information content (AvgIpc) is 3.40. The zero-order valence-corrected chi connectivity index (χ0v) is 19.7. The predicted octanol–water partition coefficient (Wildman–Crippen LogP) is 5.78. The second-order valence-corrected chi connectivity index (χ2v) is 9.33. The first-order chi connectivity index (χ1) is 15.4. The molecule has 2 N–H and O–H groups in total. The van der Waals surface area contributed by atoms with Crippen molar-refractivity contribution < 1.29 is 9.59 Å². The summed E-state index contributed by atoms with van der Waals surface area (Å²) in [5.74, 6) is -0.294. The largest absolute Gasteiger partial charge is 0.352 e. The third-order valence-corrected chi connectivity index (χ3v) is 6.82. The van der Waals surface area contributed by atoms with Crippen molar-refractivity contribution in [2.24, 2.45) is 0 Å². The lowest BCUT2D eigenvalue weighted by molar-refractivity contribution is -0.119. The molecule has 0 radical (unpaired) electrons. The average molecular weight is 483 g/mol. The summed E-state index contributed by atoms with van der Waals surface area (Å²) < 4.78 is 0. The maximum absolute atomic E-state index is 12.8. The molecule has 9 heteroatoms. The Kier molecular flexibility index (Phi) is 6.64. The number of carbonyl (C=O) groups is 2. The molecule has 0 bridgehead atoms. The molecule has 0 aliphatic rings. The van der Waals surface area contributed by atoms with Gasteiger partial charge in [0.1, 0.15) is 9.88 Å². The van der Waals surface area contributed by atoms with E-state index in [1.54, 1.807) is 12.1 Å². The van der Waals surface area contributed by atoms with E-state index in [4.69, 9.17) is 11.6 Å². The highest BCUT2D eigenvalue weighted by molar-refractivity contribution is 7.17. The summed E-state index contributed by atoms with van der Waals surface area (Å²) in [6, 6.07) is 15.2. The molecule has 162 valence electrons. The summed E-state index contributed by atoms with van der Waals surface area (Å²) in [7, 11) is 0. The van der Waals surface area contributed by atoms with Gasteiger partial charge < -0.3 is 5.32 Å². The molecule has 0 saturated carbocycles. The lowest BCUT2D eigenvalue weighted by Gasteiger charge is -2.03. The Bertz CT molecular complexity index is 1260. The number of aryl methyl sites for hydroxylation is 1. The number of anilines is 1. The lowest BCUT2D eigenvalue weighted by Crippen LogP contribution is -2.18. The van der Waals surface area contributed by atoms with Crippen LogP contribution >= 0.6 is 34.3 Å². The fourth-order valence-corrected chi connectivity index (χ4v) is 4.77. The highest BCUT2D eigenvalue weighted by Crippen LogP contribution is 2.30. The lowest BCUT2D eigenvalue weighted by atomic mass is 10.1. The Morgan fingerprint density at radius 1 is 1.00 bits per heavy atom. The molecule has 2 heterocycles. The molecule has 2 aromatic heterocycles. The first-order valence-corrected chi connectivity index (χ1v) is 11.8. The number of aromatic nitrogens is 2. The van der Waals surface area contributed by atoms with Crippen LogP contribution < -0.4 is 10.6 Å². The first kappa shape index (κ1) is 22.1. The molecule has 0 saturated heterocycles. The summed E-state index contributed by atoms with van der Waals surface area (Å²) in [5, 5.41) is 9.49. The van der Waals surface area contributed by atoms with Crippen LogP contribution in [0.5, 0.6) is 0 Å². The van der Waals surface area contributed by atoms with Gasteiger partial charge in [0, 0.05) is 35.0 Å². The minimum absolute atomic E-state index is 0.0644. The van der Waals surface area contributed by atoms with Crippen LogP contribution in [0.1, 0.15) is 27.9 Å². The fraction of sp³-hybridized carbons (Fsp3) is 0.130. The van der Waals surface area contributed by atoms with Crippen LogP contribution in [0.2, 0.25) is 5.02 Å². The van der Waals surface area contributed by atoms with E-state index in [1.165, 1.54) is 29.6 Å². The molecule has 32 heavy (non-hydrogen) atoms. The molecule has 0 atom stereocenters. The third-order valence-electron chi connectivity index (χ3n) is 4.61. The highest BCUT2D eigenvalue weighted by atomic mass is 35.5. The van der Waals surface area contributed by atoms with E-state index >= 15 is 0 Å². The van der Waals surface area contributed by atoms with Crippen molar-refractivity contribution in [1.82, 2.24) is 15.3 Å². The Hall–Kier alpha value is -3.07. The minimum atomic E-state index is -0.230. The van der Waals surface area contributed by atoms with Gasteiger partial charge in [0.15, 0.2) is 5.13 Å².